The molecule has 2 aromatic rings. The molecule has 23 heavy (non-hydrogen) atoms. The molecule has 0 aromatic heterocycles. The van der Waals surface area contributed by atoms with Gasteiger partial charge in [-0.3, -0.25) is 0 Å². The van der Waals surface area contributed by atoms with Gasteiger partial charge in [0.15, 0.2) is 12.3 Å². The number of benzene rings is 2. The number of ether oxygens (including phenoxy) is 2. The van der Waals surface area contributed by atoms with E-state index in [1.807, 2.05) is 0 Å². The van der Waals surface area contributed by atoms with Crippen molar-refractivity contribution in [2.24, 2.45) is 0 Å². The van der Waals surface area contributed by atoms with Crippen LogP contribution in [0.5, 0.6) is 5.75 Å². The summed E-state index contributed by atoms with van der Waals surface area (Å²) in [4.78, 5) is 0. The number of rotatable bonds is 2. The van der Waals surface area contributed by atoms with Gasteiger partial charge in [-0.15, -0.1) is 0 Å². The topological polar surface area (TPSA) is 30.5 Å². The van der Waals surface area contributed by atoms with Crippen LogP contribution < -0.4 is 10.1 Å². The lowest BCUT2D eigenvalue weighted by Crippen LogP contribution is -2.32. The fraction of sp³-hybridized carbons (Fsp3) is 0.250. The molecule has 2 unspecified atom stereocenters. The number of fused-ring (bicyclic) bond motifs is 1. The molecule has 0 saturated carbocycles. The van der Waals surface area contributed by atoms with Gasteiger partial charge in [-0.05, 0) is 30.3 Å². The van der Waals surface area contributed by atoms with E-state index in [4.69, 9.17) is 21.1 Å². The Morgan fingerprint density at radius 2 is 1.83 bits per heavy atom. The molecule has 0 aliphatic carbocycles. The molecular formula is C16H13ClF3NO2. The molecular weight excluding hydrogens is 331 g/mol. The fourth-order valence-electron chi connectivity index (χ4n) is 2.46. The second kappa shape index (κ2) is 5.94. The molecule has 1 N–H and O–H groups in total. The summed E-state index contributed by atoms with van der Waals surface area (Å²) in [5.74, 6) is 0.615. The number of anilines is 1. The zero-order valence-electron chi connectivity index (χ0n) is 12.0. The molecule has 1 heterocycles. The van der Waals surface area contributed by atoms with Crippen molar-refractivity contribution in [2.45, 2.75) is 18.5 Å². The molecule has 0 spiro atoms. The summed E-state index contributed by atoms with van der Waals surface area (Å²) in [5.41, 5.74) is 0.902. The lowest BCUT2D eigenvalue weighted by molar-refractivity contribution is -0.237. The third kappa shape index (κ3) is 3.23. The molecule has 0 saturated heterocycles. The predicted molar refractivity (Wildman–Crippen MR) is 80.7 cm³/mol. The summed E-state index contributed by atoms with van der Waals surface area (Å²) in [6.07, 6.45) is -7.49. The molecule has 0 amide bonds. The molecule has 122 valence electrons. The third-order valence-corrected chi connectivity index (χ3v) is 3.81. The highest BCUT2D eigenvalue weighted by Crippen LogP contribution is 2.46. The Kier molecular flexibility index (Phi) is 4.12. The van der Waals surface area contributed by atoms with E-state index in [1.54, 1.807) is 24.3 Å². The van der Waals surface area contributed by atoms with Crippen molar-refractivity contribution in [3.8, 4) is 5.75 Å². The number of alkyl halides is 3. The average molecular weight is 344 g/mol. The summed E-state index contributed by atoms with van der Waals surface area (Å²) in [6, 6.07) is 11.0. The standard InChI is InChI=1S/C16H13ClF3NO2/c1-22-11-5-2-9(3-6-11)15-21-13-7-4-10(17)8-12(13)14(23-15)16(18,19)20/h2-8,14-15,21H,1H3. The first-order valence-corrected chi connectivity index (χ1v) is 7.18. The van der Waals surface area contributed by atoms with Gasteiger partial charge in [0.05, 0.1) is 7.11 Å². The highest BCUT2D eigenvalue weighted by molar-refractivity contribution is 6.30. The quantitative estimate of drug-likeness (QED) is 0.823. The Balaban J connectivity index is 1.98. The molecule has 1 aliphatic heterocycles. The van der Waals surface area contributed by atoms with Crippen LogP contribution in [0.25, 0.3) is 0 Å². The van der Waals surface area contributed by atoms with Gasteiger partial charge in [0, 0.05) is 21.8 Å². The highest BCUT2D eigenvalue weighted by Gasteiger charge is 2.47. The number of halogens is 4. The summed E-state index contributed by atoms with van der Waals surface area (Å²) < 4.78 is 50.3. The normalized spacial score (nSPS) is 20.6. The minimum absolute atomic E-state index is 0.0187. The Morgan fingerprint density at radius 3 is 2.43 bits per heavy atom. The second-order valence-electron chi connectivity index (χ2n) is 5.09. The third-order valence-electron chi connectivity index (χ3n) is 3.57. The van der Waals surface area contributed by atoms with Crippen LogP contribution in [0.3, 0.4) is 0 Å². The van der Waals surface area contributed by atoms with E-state index in [9.17, 15) is 13.2 Å². The smallest absolute Gasteiger partial charge is 0.419 e. The van der Waals surface area contributed by atoms with E-state index in [1.165, 1.54) is 25.3 Å². The maximum Gasteiger partial charge on any atom is 0.419 e. The largest absolute Gasteiger partial charge is 0.497 e. The summed E-state index contributed by atoms with van der Waals surface area (Å²) in [7, 11) is 1.52. The van der Waals surface area contributed by atoms with Gasteiger partial charge in [-0.2, -0.15) is 13.2 Å². The number of hydrogen-bond acceptors (Lipinski definition) is 3. The van der Waals surface area contributed by atoms with Crippen LogP contribution in [0.15, 0.2) is 42.5 Å². The number of hydrogen-bond donors (Lipinski definition) is 1. The first-order valence-electron chi connectivity index (χ1n) is 6.80. The average Bonchev–Trinajstić information content (AvgIpc) is 2.53. The van der Waals surface area contributed by atoms with Crippen molar-refractivity contribution >= 4 is 17.3 Å². The van der Waals surface area contributed by atoms with Crippen LogP contribution in [-0.2, 0) is 4.74 Å². The van der Waals surface area contributed by atoms with Crippen LogP contribution in [0, 0.1) is 0 Å². The first-order chi connectivity index (χ1) is 10.9. The molecule has 0 bridgehead atoms. The van der Waals surface area contributed by atoms with Crippen LogP contribution in [0.2, 0.25) is 5.02 Å². The van der Waals surface area contributed by atoms with Crippen molar-refractivity contribution in [2.75, 3.05) is 12.4 Å². The van der Waals surface area contributed by atoms with Gasteiger partial charge < -0.3 is 14.8 Å². The monoisotopic (exact) mass is 343 g/mol. The zero-order valence-corrected chi connectivity index (χ0v) is 12.8. The summed E-state index contributed by atoms with van der Waals surface area (Å²) in [5, 5.41) is 3.19. The van der Waals surface area contributed by atoms with Gasteiger partial charge in [-0.25, -0.2) is 0 Å². The van der Waals surface area contributed by atoms with Gasteiger partial charge in [0.25, 0.3) is 0 Å². The molecule has 3 rings (SSSR count). The number of nitrogens with one attached hydrogen (secondary N) is 1. The van der Waals surface area contributed by atoms with Crippen molar-refractivity contribution in [1.82, 2.24) is 0 Å². The van der Waals surface area contributed by atoms with Gasteiger partial charge in [-0.1, -0.05) is 23.7 Å². The minimum Gasteiger partial charge on any atom is -0.497 e. The van der Waals surface area contributed by atoms with Crippen molar-refractivity contribution in [3.63, 3.8) is 0 Å². The molecule has 0 radical (unpaired) electrons. The van der Waals surface area contributed by atoms with Gasteiger partial charge in [0.1, 0.15) is 5.75 Å². The van der Waals surface area contributed by atoms with Gasteiger partial charge in [0.2, 0.25) is 0 Å². The van der Waals surface area contributed by atoms with Crippen LogP contribution >= 0.6 is 11.6 Å². The van der Waals surface area contributed by atoms with E-state index < -0.39 is 18.5 Å². The highest BCUT2D eigenvalue weighted by atomic mass is 35.5. The maximum absolute atomic E-state index is 13.3. The van der Waals surface area contributed by atoms with Crippen molar-refractivity contribution in [1.29, 1.82) is 0 Å². The molecule has 0 fully saturated rings. The zero-order chi connectivity index (χ0) is 16.6. The second-order valence-corrected chi connectivity index (χ2v) is 5.52. The Hall–Kier alpha value is -1.92. The van der Waals surface area contributed by atoms with Crippen LogP contribution in [0.1, 0.15) is 23.5 Å². The molecule has 7 heteroatoms. The van der Waals surface area contributed by atoms with Crippen LogP contribution in [0.4, 0.5) is 18.9 Å². The Bertz CT molecular complexity index is 703. The Labute approximate surface area is 136 Å². The Morgan fingerprint density at radius 1 is 1.13 bits per heavy atom. The van der Waals surface area contributed by atoms with Crippen molar-refractivity contribution in [3.05, 3.63) is 58.6 Å². The minimum atomic E-state index is -4.54. The SMILES string of the molecule is COc1ccc(C2Nc3ccc(Cl)cc3C(C(F)(F)F)O2)cc1. The molecule has 2 aromatic carbocycles. The molecule has 2 atom stereocenters. The van der Waals surface area contributed by atoms with Crippen LogP contribution in [-0.4, -0.2) is 13.3 Å². The van der Waals surface area contributed by atoms with E-state index in [0.717, 1.165) is 0 Å². The fourth-order valence-corrected chi connectivity index (χ4v) is 2.64. The van der Waals surface area contributed by atoms with Gasteiger partial charge >= 0.3 is 6.18 Å². The van der Waals surface area contributed by atoms with E-state index in [0.29, 0.717) is 17.0 Å². The molecule has 3 nitrogen and oxygen atoms in total. The summed E-state index contributed by atoms with van der Waals surface area (Å²) in [6.45, 7) is 0. The van der Waals surface area contributed by atoms with E-state index in [2.05, 4.69) is 5.32 Å². The predicted octanol–water partition coefficient (Wildman–Crippen LogP) is 5.09. The maximum atomic E-state index is 13.3. The molecule has 1 aliphatic rings. The summed E-state index contributed by atoms with van der Waals surface area (Å²) >= 11 is 5.81. The van der Waals surface area contributed by atoms with E-state index >= 15 is 0 Å². The van der Waals surface area contributed by atoms with Crippen molar-refractivity contribution < 1.29 is 22.6 Å². The first kappa shape index (κ1) is 16.0. The number of methoxy groups -OCH3 is 1. The lowest BCUT2D eigenvalue weighted by Gasteiger charge is -2.35. The van der Waals surface area contributed by atoms with E-state index in [-0.39, 0.29) is 10.6 Å². The lowest BCUT2D eigenvalue weighted by atomic mass is 10.0.